The van der Waals surface area contributed by atoms with Crippen LogP contribution in [0.2, 0.25) is 5.02 Å². The summed E-state index contributed by atoms with van der Waals surface area (Å²) in [6.07, 6.45) is -1.26. The van der Waals surface area contributed by atoms with E-state index in [-0.39, 0.29) is 10.8 Å². The van der Waals surface area contributed by atoms with Crippen molar-refractivity contribution in [2.45, 2.75) is 45.9 Å². The van der Waals surface area contributed by atoms with Crippen LogP contribution in [-0.2, 0) is 7.05 Å². The average Bonchev–Trinajstić information content (AvgIpc) is 3.06. The summed E-state index contributed by atoms with van der Waals surface area (Å²) in [6.45, 7) is 6.90. The number of halogens is 4. The Morgan fingerprint density at radius 1 is 1.17 bits per heavy atom. The van der Waals surface area contributed by atoms with Gasteiger partial charge in [0.1, 0.15) is 34.5 Å². The SMILES string of the molecule is Cc1nc(C(C)c2cc(Cl)c(F)c(C(=O)Nc3c(F)cccc3F)c2OC(C)C)n(C)c1C(N)N. The first-order valence-electron chi connectivity index (χ1n) is 10.8. The molecular weight excluding hydrogens is 483 g/mol. The molecule has 3 aromatic rings. The Hall–Kier alpha value is -3.08. The maximum Gasteiger partial charge on any atom is 0.262 e. The van der Waals surface area contributed by atoms with Crippen molar-refractivity contribution in [2.75, 3.05) is 5.32 Å². The molecule has 1 aromatic heterocycles. The Balaban J connectivity index is 2.20. The van der Waals surface area contributed by atoms with Crippen molar-refractivity contribution in [3.63, 3.8) is 0 Å². The van der Waals surface area contributed by atoms with Crippen molar-refractivity contribution < 1.29 is 22.7 Å². The van der Waals surface area contributed by atoms with Gasteiger partial charge in [-0.1, -0.05) is 24.6 Å². The number of imidazole rings is 1. The Bertz CT molecular complexity index is 1260. The predicted octanol–water partition coefficient (Wildman–Crippen LogP) is 4.91. The summed E-state index contributed by atoms with van der Waals surface area (Å²) in [4.78, 5) is 17.7. The summed E-state index contributed by atoms with van der Waals surface area (Å²) in [5.41, 5.74) is 12.0. The molecule has 0 saturated carbocycles. The van der Waals surface area contributed by atoms with Crippen LogP contribution < -0.4 is 21.5 Å². The maximum absolute atomic E-state index is 15.3. The van der Waals surface area contributed by atoms with Crippen molar-refractivity contribution in [1.29, 1.82) is 0 Å². The van der Waals surface area contributed by atoms with Crippen molar-refractivity contribution in [3.8, 4) is 5.75 Å². The van der Waals surface area contributed by atoms with Gasteiger partial charge in [-0.05, 0) is 39.0 Å². The topological polar surface area (TPSA) is 108 Å². The van der Waals surface area contributed by atoms with Crippen LogP contribution in [0.1, 0.15) is 66.0 Å². The van der Waals surface area contributed by atoms with E-state index in [1.165, 1.54) is 6.07 Å². The van der Waals surface area contributed by atoms with Crippen LogP contribution in [0.3, 0.4) is 0 Å². The summed E-state index contributed by atoms with van der Waals surface area (Å²) in [7, 11) is 1.73. The van der Waals surface area contributed by atoms with E-state index in [1.54, 1.807) is 39.3 Å². The molecule has 0 aliphatic rings. The molecule has 1 unspecified atom stereocenters. The molecule has 1 heterocycles. The highest BCUT2D eigenvalue weighted by Gasteiger charge is 2.31. The molecule has 0 spiro atoms. The second-order valence-corrected chi connectivity index (χ2v) is 8.84. The van der Waals surface area contributed by atoms with Gasteiger partial charge in [-0.25, -0.2) is 18.2 Å². The number of nitrogens with two attached hydrogens (primary N) is 2. The third kappa shape index (κ3) is 5.14. The highest BCUT2D eigenvalue weighted by Crippen LogP contribution is 2.40. The van der Waals surface area contributed by atoms with Crippen LogP contribution >= 0.6 is 11.6 Å². The quantitative estimate of drug-likeness (QED) is 0.392. The standard InChI is InChI=1S/C24H27ClF3N5O2/c1-10(2)35-21-13(11(3)23-31-12(4)20(22(29)30)33(23)5)9-14(25)18(28)17(21)24(34)32-19-15(26)7-6-8-16(19)27/h6-11,22H,29-30H2,1-5H3,(H,32,34). The van der Waals surface area contributed by atoms with E-state index in [1.807, 2.05) is 0 Å². The number of hydrogen-bond acceptors (Lipinski definition) is 5. The van der Waals surface area contributed by atoms with Gasteiger partial charge in [0.05, 0.1) is 28.7 Å². The van der Waals surface area contributed by atoms with Gasteiger partial charge < -0.3 is 26.1 Å². The van der Waals surface area contributed by atoms with E-state index >= 15 is 4.39 Å². The monoisotopic (exact) mass is 509 g/mol. The van der Waals surface area contributed by atoms with Gasteiger partial charge >= 0.3 is 0 Å². The van der Waals surface area contributed by atoms with Gasteiger partial charge in [0.25, 0.3) is 5.91 Å². The molecular formula is C24H27ClF3N5O2. The van der Waals surface area contributed by atoms with Crippen molar-refractivity contribution in [2.24, 2.45) is 18.5 Å². The summed E-state index contributed by atoms with van der Waals surface area (Å²) < 4.78 is 51.2. The van der Waals surface area contributed by atoms with E-state index in [4.69, 9.17) is 27.8 Å². The zero-order valence-corrected chi connectivity index (χ0v) is 20.7. The van der Waals surface area contributed by atoms with Crippen LogP contribution in [0, 0.1) is 24.4 Å². The Morgan fingerprint density at radius 3 is 2.29 bits per heavy atom. The second kappa shape index (κ2) is 10.3. The molecule has 0 aliphatic heterocycles. The van der Waals surface area contributed by atoms with Gasteiger partial charge in [-0.3, -0.25) is 4.79 Å². The second-order valence-electron chi connectivity index (χ2n) is 8.43. The predicted molar refractivity (Wildman–Crippen MR) is 128 cm³/mol. The normalized spacial score (nSPS) is 12.4. The number of ether oxygens (including phenoxy) is 1. The number of aromatic nitrogens is 2. The molecule has 2 aromatic carbocycles. The van der Waals surface area contributed by atoms with Crippen LogP contribution in [0.4, 0.5) is 18.9 Å². The summed E-state index contributed by atoms with van der Waals surface area (Å²) in [5, 5.41) is 1.73. The number of nitrogens with zero attached hydrogens (tertiary/aromatic N) is 2. The van der Waals surface area contributed by atoms with Gasteiger partial charge in [-0.15, -0.1) is 0 Å². The molecule has 3 rings (SSSR count). The first-order valence-corrected chi connectivity index (χ1v) is 11.2. The van der Waals surface area contributed by atoms with Gasteiger partial charge in [-0.2, -0.15) is 0 Å². The van der Waals surface area contributed by atoms with Gasteiger partial charge in [0.2, 0.25) is 0 Å². The third-order valence-corrected chi connectivity index (χ3v) is 5.79. The molecule has 0 saturated heterocycles. The summed E-state index contributed by atoms with van der Waals surface area (Å²) >= 11 is 6.17. The number of rotatable bonds is 7. The molecule has 0 bridgehead atoms. The lowest BCUT2D eigenvalue weighted by atomic mass is 9.95. The molecule has 11 heteroatoms. The van der Waals surface area contributed by atoms with Crippen molar-refractivity contribution in [1.82, 2.24) is 9.55 Å². The molecule has 7 nitrogen and oxygen atoms in total. The van der Waals surface area contributed by atoms with E-state index in [0.29, 0.717) is 22.8 Å². The Labute approximate surface area is 206 Å². The van der Waals surface area contributed by atoms with Gasteiger partial charge in [0, 0.05) is 18.5 Å². The number of carbonyl (C=O) groups is 1. The van der Waals surface area contributed by atoms with E-state index < -0.39 is 52.8 Å². The van der Waals surface area contributed by atoms with Crippen LogP contribution in [-0.4, -0.2) is 21.6 Å². The number of para-hydroxylation sites is 1. The number of carbonyl (C=O) groups excluding carboxylic acids is 1. The van der Waals surface area contributed by atoms with Crippen molar-refractivity contribution in [3.05, 3.63) is 75.1 Å². The minimum Gasteiger partial charge on any atom is -0.490 e. The number of benzene rings is 2. The fourth-order valence-electron chi connectivity index (χ4n) is 3.97. The maximum atomic E-state index is 15.3. The largest absolute Gasteiger partial charge is 0.490 e. The summed E-state index contributed by atoms with van der Waals surface area (Å²) in [5.74, 6) is -4.42. The summed E-state index contributed by atoms with van der Waals surface area (Å²) in [6, 6.07) is 4.42. The first-order chi connectivity index (χ1) is 16.3. The lowest BCUT2D eigenvalue weighted by Crippen LogP contribution is -2.24. The number of aryl methyl sites for hydroxylation is 1. The van der Waals surface area contributed by atoms with Gasteiger partial charge in [0.15, 0.2) is 5.82 Å². The molecule has 35 heavy (non-hydrogen) atoms. The van der Waals surface area contributed by atoms with Crippen molar-refractivity contribution >= 4 is 23.2 Å². The molecule has 188 valence electrons. The van der Waals surface area contributed by atoms with Crippen LogP contribution in [0.15, 0.2) is 24.3 Å². The molecule has 0 fully saturated rings. The Kier molecular flexibility index (Phi) is 7.78. The average molecular weight is 510 g/mol. The smallest absolute Gasteiger partial charge is 0.262 e. The fourth-order valence-corrected chi connectivity index (χ4v) is 4.18. The molecule has 1 atom stereocenters. The van der Waals surface area contributed by atoms with E-state index in [9.17, 15) is 13.6 Å². The van der Waals surface area contributed by atoms with Crippen LogP contribution in [0.5, 0.6) is 5.75 Å². The lowest BCUT2D eigenvalue weighted by Gasteiger charge is -2.23. The zero-order valence-electron chi connectivity index (χ0n) is 19.9. The number of hydrogen-bond donors (Lipinski definition) is 3. The highest BCUT2D eigenvalue weighted by molar-refractivity contribution is 6.31. The molecule has 5 N–H and O–H groups in total. The van der Waals surface area contributed by atoms with Crippen LogP contribution in [0.25, 0.3) is 0 Å². The lowest BCUT2D eigenvalue weighted by molar-refractivity contribution is 0.101. The molecule has 1 amide bonds. The molecule has 0 radical (unpaired) electrons. The Morgan fingerprint density at radius 2 is 1.77 bits per heavy atom. The minimum atomic E-state index is -1.13. The first kappa shape index (κ1) is 26.5. The fraction of sp³-hybridized carbons (Fsp3) is 0.333. The number of amides is 1. The van der Waals surface area contributed by atoms with E-state index in [0.717, 1.165) is 18.2 Å². The molecule has 0 aliphatic carbocycles. The minimum absolute atomic E-state index is 0.122. The van der Waals surface area contributed by atoms with E-state index in [2.05, 4.69) is 10.3 Å². The number of anilines is 1. The highest BCUT2D eigenvalue weighted by atomic mass is 35.5. The third-order valence-electron chi connectivity index (χ3n) is 5.51. The number of nitrogens with one attached hydrogen (secondary N) is 1. The zero-order chi connectivity index (χ0) is 26.2.